The van der Waals surface area contributed by atoms with Gasteiger partial charge in [-0.15, -0.1) is 0 Å². The first kappa shape index (κ1) is 19.2. The Morgan fingerprint density at radius 3 is 2.56 bits per heavy atom. The Morgan fingerprint density at radius 1 is 1.22 bits per heavy atom. The van der Waals surface area contributed by atoms with Gasteiger partial charge in [0.05, 0.1) is 0 Å². The number of hydrogen-bond acceptors (Lipinski definition) is 6. The van der Waals surface area contributed by atoms with Crippen molar-refractivity contribution in [3.8, 4) is 5.75 Å². The van der Waals surface area contributed by atoms with Gasteiger partial charge in [0.2, 0.25) is 0 Å². The van der Waals surface area contributed by atoms with Gasteiger partial charge in [0.25, 0.3) is 5.91 Å². The van der Waals surface area contributed by atoms with Gasteiger partial charge in [-0.05, 0) is 49.9 Å². The monoisotopic (exact) mass is 392 g/mol. The molecule has 8 nitrogen and oxygen atoms in total. The molecule has 0 aliphatic heterocycles. The van der Waals surface area contributed by atoms with Gasteiger partial charge >= 0.3 is 11.8 Å². The summed E-state index contributed by atoms with van der Waals surface area (Å²) in [5.74, 6) is 0.692. The molecule has 2 aromatic rings. The maximum absolute atomic E-state index is 11.9. The van der Waals surface area contributed by atoms with E-state index >= 15 is 0 Å². The minimum absolute atomic E-state index is 0.0555. The maximum atomic E-state index is 11.9. The second kappa shape index (κ2) is 8.39. The van der Waals surface area contributed by atoms with Crippen molar-refractivity contribution in [2.45, 2.75) is 32.6 Å². The van der Waals surface area contributed by atoms with Crippen molar-refractivity contribution in [3.05, 3.63) is 40.0 Å². The van der Waals surface area contributed by atoms with Crippen LogP contribution in [0.1, 0.15) is 46.4 Å². The third kappa shape index (κ3) is 5.19. The van der Waals surface area contributed by atoms with Crippen molar-refractivity contribution in [2.75, 3.05) is 19.7 Å². The average molecular weight is 393 g/mol. The number of rotatable bonds is 8. The summed E-state index contributed by atoms with van der Waals surface area (Å²) in [6.45, 7) is 4.13. The number of carbonyl (C=O) groups excluding carboxylic acids is 2. The minimum atomic E-state index is -0.452. The Balaban J connectivity index is 1.35. The van der Waals surface area contributed by atoms with Crippen molar-refractivity contribution >= 4 is 23.4 Å². The highest BCUT2D eigenvalue weighted by Crippen LogP contribution is 2.38. The van der Waals surface area contributed by atoms with Crippen molar-refractivity contribution in [1.82, 2.24) is 20.8 Å². The largest absolute Gasteiger partial charge is 0.484 e. The molecule has 0 radical (unpaired) electrons. The molecule has 3 rings (SSSR count). The Bertz CT molecular complexity index is 825. The van der Waals surface area contributed by atoms with Gasteiger partial charge < -0.3 is 19.9 Å². The molecule has 2 amide bonds. The molecule has 1 heterocycles. The number of benzene rings is 1. The first-order valence-electron chi connectivity index (χ1n) is 8.72. The molecular formula is C18H21ClN4O4. The van der Waals surface area contributed by atoms with Crippen LogP contribution in [0.4, 0.5) is 0 Å². The van der Waals surface area contributed by atoms with E-state index in [1.165, 1.54) is 0 Å². The molecule has 1 saturated carbocycles. The van der Waals surface area contributed by atoms with E-state index in [4.69, 9.17) is 20.9 Å². The molecule has 0 bridgehead atoms. The van der Waals surface area contributed by atoms with E-state index in [-0.39, 0.29) is 31.5 Å². The van der Waals surface area contributed by atoms with Crippen LogP contribution in [0.3, 0.4) is 0 Å². The van der Waals surface area contributed by atoms with E-state index in [0.717, 1.165) is 24.0 Å². The molecule has 1 aliphatic rings. The molecule has 0 saturated heterocycles. The summed E-state index contributed by atoms with van der Waals surface area (Å²) in [7, 11) is 0. The lowest BCUT2D eigenvalue weighted by Crippen LogP contribution is -2.36. The molecule has 144 valence electrons. The van der Waals surface area contributed by atoms with E-state index in [9.17, 15) is 9.59 Å². The standard InChI is InChI=1S/C18H21ClN4O4/c1-10-7-13(8-11(2)15(10)19)26-9-14(24)20-5-6-21-17(25)18-22-16(23-27-18)12-3-4-12/h7-8,12H,3-6,9H2,1-2H3,(H,20,24)(H,21,25). The zero-order valence-electron chi connectivity index (χ0n) is 15.2. The van der Waals surface area contributed by atoms with E-state index in [2.05, 4.69) is 20.8 Å². The molecular weight excluding hydrogens is 372 g/mol. The Hall–Kier alpha value is -2.61. The molecule has 1 aliphatic carbocycles. The lowest BCUT2D eigenvalue weighted by Gasteiger charge is -2.10. The highest BCUT2D eigenvalue weighted by atomic mass is 35.5. The summed E-state index contributed by atoms with van der Waals surface area (Å²) >= 11 is 6.10. The van der Waals surface area contributed by atoms with Gasteiger partial charge in [0.1, 0.15) is 5.75 Å². The van der Waals surface area contributed by atoms with Crippen LogP contribution in [0, 0.1) is 13.8 Å². The third-order valence-electron chi connectivity index (χ3n) is 4.09. The first-order chi connectivity index (χ1) is 12.9. The normalized spacial score (nSPS) is 13.3. The van der Waals surface area contributed by atoms with Gasteiger partial charge in [-0.1, -0.05) is 16.8 Å². The number of nitrogens with one attached hydrogen (secondary N) is 2. The molecule has 0 unspecified atom stereocenters. The molecule has 2 N–H and O–H groups in total. The maximum Gasteiger partial charge on any atom is 0.315 e. The summed E-state index contributed by atoms with van der Waals surface area (Å²) in [5, 5.41) is 9.75. The van der Waals surface area contributed by atoms with Gasteiger partial charge in [-0.2, -0.15) is 4.98 Å². The lowest BCUT2D eigenvalue weighted by atomic mass is 10.1. The summed E-state index contributed by atoms with van der Waals surface area (Å²) in [6.07, 6.45) is 2.06. The molecule has 0 spiro atoms. The van der Waals surface area contributed by atoms with Crippen LogP contribution >= 0.6 is 11.6 Å². The molecule has 9 heteroatoms. The van der Waals surface area contributed by atoms with Gasteiger partial charge in [0.15, 0.2) is 12.4 Å². The number of nitrogens with zero attached hydrogens (tertiary/aromatic N) is 2. The topological polar surface area (TPSA) is 106 Å². The number of aryl methyl sites for hydroxylation is 2. The molecule has 0 atom stereocenters. The van der Waals surface area contributed by atoms with Crippen LogP contribution in [0.2, 0.25) is 5.02 Å². The SMILES string of the molecule is Cc1cc(OCC(=O)NCCNC(=O)c2nc(C3CC3)no2)cc(C)c1Cl. The van der Waals surface area contributed by atoms with E-state index in [1.807, 2.05) is 13.8 Å². The lowest BCUT2D eigenvalue weighted by molar-refractivity contribution is -0.123. The molecule has 1 aromatic heterocycles. The zero-order chi connectivity index (χ0) is 19.4. The predicted molar refractivity (Wildman–Crippen MR) is 98.0 cm³/mol. The van der Waals surface area contributed by atoms with Crippen molar-refractivity contribution in [2.24, 2.45) is 0 Å². The van der Waals surface area contributed by atoms with Crippen LogP contribution in [-0.4, -0.2) is 41.7 Å². The van der Waals surface area contributed by atoms with Crippen LogP contribution in [0.25, 0.3) is 0 Å². The molecule has 27 heavy (non-hydrogen) atoms. The summed E-state index contributed by atoms with van der Waals surface area (Å²) in [4.78, 5) is 27.8. The van der Waals surface area contributed by atoms with Crippen molar-refractivity contribution in [1.29, 1.82) is 0 Å². The number of amides is 2. The fraction of sp³-hybridized carbons (Fsp3) is 0.444. The second-order valence-electron chi connectivity index (χ2n) is 6.50. The van der Waals surface area contributed by atoms with E-state index < -0.39 is 5.91 Å². The fourth-order valence-electron chi connectivity index (χ4n) is 2.48. The van der Waals surface area contributed by atoms with Gasteiger partial charge in [-0.3, -0.25) is 9.59 Å². The van der Waals surface area contributed by atoms with Crippen molar-refractivity contribution < 1.29 is 18.8 Å². The first-order valence-corrected chi connectivity index (χ1v) is 9.10. The highest BCUT2D eigenvalue weighted by Gasteiger charge is 2.29. The molecule has 1 fully saturated rings. The van der Waals surface area contributed by atoms with Crippen LogP contribution in [0.5, 0.6) is 5.75 Å². The summed E-state index contributed by atoms with van der Waals surface area (Å²) in [6, 6.07) is 3.56. The number of aromatic nitrogens is 2. The molecule has 1 aromatic carbocycles. The number of hydrogen-bond donors (Lipinski definition) is 2. The number of halogens is 1. The Kier molecular flexibility index (Phi) is 5.95. The quantitative estimate of drug-likeness (QED) is 0.666. The van der Waals surface area contributed by atoms with E-state index in [1.54, 1.807) is 12.1 Å². The highest BCUT2D eigenvalue weighted by molar-refractivity contribution is 6.32. The smallest absolute Gasteiger partial charge is 0.315 e. The van der Waals surface area contributed by atoms with Crippen LogP contribution in [-0.2, 0) is 4.79 Å². The van der Waals surface area contributed by atoms with E-state index in [0.29, 0.717) is 22.5 Å². The zero-order valence-corrected chi connectivity index (χ0v) is 15.9. The second-order valence-corrected chi connectivity index (χ2v) is 6.88. The Morgan fingerprint density at radius 2 is 1.89 bits per heavy atom. The summed E-state index contributed by atoms with van der Waals surface area (Å²) in [5.41, 5.74) is 1.78. The van der Waals surface area contributed by atoms with Gasteiger partial charge in [0, 0.05) is 24.0 Å². The van der Waals surface area contributed by atoms with Gasteiger partial charge in [-0.25, -0.2) is 0 Å². The fourth-order valence-corrected chi connectivity index (χ4v) is 2.59. The van der Waals surface area contributed by atoms with Crippen LogP contribution in [0.15, 0.2) is 16.7 Å². The van der Waals surface area contributed by atoms with Crippen molar-refractivity contribution in [3.63, 3.8) is 0 Å². The average Bonchev–Trinajstić information content (AvgIpc) is 3.38. The van der Waals surface area contributed by atoms with Crippen LogP contribution < -0.4 is 15.4 Å². The number of ether oxygens (including phenoxy) is 1. The predicted octanol–water partition coefficient (Wildman–Crippen LogP) is 2.14. The minimum Gasteiger partial charge on any atom is -0.484 e. The Labute approximate surface area is 161 Å². The summed E-state index contributed by atoms with van der Waals surface area (Å²) < 4.78 is 10.4. The third-order valence-corrected chi connectivity index (χ3v) is 4.69. The number of carbonyl (C=O) groups is 2.